The zero-order valence-corrected chi connectivity index (χ0v) is 10.2. The second kappa shape index (κ2) is 6.44. The van der Waals surface area contributed by atoms with Gasteiger partial charge in [0.05, 0.1) is 0 Å². The first-order chi connectivity index (χ1) is 6.74. The van der Waals surface area contributed by atoms with Crippen LogP contribution in [0.15, 0.2) is 0 Å². The van der Waals surface area contributed by atoms with Crippen LogP contribution in [0.5, 0.6) is 0 Å². The van der Waals surface area contributed by atoms with Gasteiger partial charge < -0.3 is 5.32 Å². The Kier molecular flexibility index (Phi) is 5.54. The summed E-state index contributed by atoms with van der Waals surface area (Å²) in [6.07, 6.45) is 6.98. The van der Waals surface area contributed by atoms with Crippen LogP contribution >= 0.6 is 0 Å². The van der Waals surface area contributed by atoms with Crippen molar-refractivity contribution < 1.29 is 0 Å². The van der Waals surface area contributed by atoms with Gasteiger partial charge in [-0.1, -0.05) is 40.0 Å². The van der Waals surface area contributed by atoms with Crippen LogP contribution in [0.4, 0.5) is 0 Å². The fourth-order valence-electron chi connectivity index (χ4n) is 2.52. The highest BCUT2D eigenvalue weighted by molar-refractivity contribution is 4.77. The van der Waals surface area contributed by atoms with Gasteiger partial charge in [0.15, 0.2) is 0 Å². The smallest absolute Gasteiger partial charge is 0.00179 e. The van der Waals surface area contributed by atoms with Gasteiger partial charge in [-0.25, -0.2) is 0 Å². The molecule has 0 amide bonds. The van der Waals surface area contributed by atoms with E-state index < -0.39 is 0 Å². The first-order valence-corrected chi connectivity index (χ1v) is 6.44. The molecule has 2 unspecified atom stereocenters. The fraction of sp³-hybridized carbons (Fsp3) is 1.00. The maximum absolute atomic E-state index is 3.61. The summed E-state index contributed by atoms with van der Waals surface area (Å²) in [5, 5.41) is 3.61. The minimum absolute atomic E-state index is 0.940. The molecule has 0 aliphatic heterocycles. The summed E-state index contributed by atoms with van der Waals surface area (Å²) in [6.45, 7) is 9.57. The van der Waals surface area contributed by atoms with Crippen molar-refractivity contribution in [3.63, 3.8) is 0 Å². The maximum Gasteiger partial charge on any atom is -0.00179 e. The van der Waals surface area contributed by atoms with Crippen LogP contribution in [0, 0.1) is 17.8 Å². The number of unbranched alkanes of at least 4 members (excludes halogenated alkanes) is 1. The Hall–Kier alpha value is -0.0400. The Morgan fingerprint density at radius 2 is 2.00 bits per heavy atom. The van der Waals surface area contributed by atoms with E-state index in [9.17, 15) is 0 Å². The van der Waals surface area contributed by atoms with Gasteiger partial charge in [0.2, 0.25) is 0 Å². The van der Waals surface area contributed by atoms with E-state index in [1.165, 1.54) is 45.2 Å². The molecule has 84 valence electrons. The zero-order valence-electron chi connectivity index (χ0n) is 10.2. The van der Waals surface area contributed by atoms with Crippen LogP contribution in [0.3, 0.4) is 0 Å². The van der Waals surface area contributed by atoms with Crippen LogP contribution in [0.1, 0.15) is 52.9 Å². The molecule has 1 fully saturated rings. The third-order valence-corrected chi connectivity index (χ3v) is 3.74. The monoisotopic (exact) mass is 197 g/mol. The predicted molar refractivity (Wildman–Crippen MR) is 63.4 cm³/mol. The van der Waals surface area contributed by atoms with Crippen LogP contribution < -0.4 is 5.32 Å². The van der Waals surface area contributed by atoms with Crippen LogP contribution in [0.2, 0.25) is 0 Å². The summed E-state index contributed by atoms with van der Waals surface area (Å²) in [7, 11) is 0. The highest BCUT2D eigenvalue weighted by Crippen LogP contribution is 2.32. The number of hydrogen-bond donors (Lipinski definition) is 1. The van der Waals surface area contributed by atoms with Crippen molar-refractivity contribution in [1.29, 1.82) is 0 Å². The standard InChI is InChI=1S/C13H27N/c1-4-5-8-14-10-13-9-11(2)6-7-12(13)3/h11-14H,4-10H2,1-3H3/t11?,12?,13-/m0/s1. The van der Waals surface area contributed by atoms with Crippen molar-refractivity contribution in [2.75, 3.05) is 13.1 Å². The summed E-state index contributed by atoms with van der Waals surface area (Å²) in [4.78, 5) is 0. The Bertz CT molecular complexity index is 144. The van der Waals surface area contributed by atoms with E-state index in [1.807, 2.05) is 0 Å². The molecule has 0 saturated heterocycles. The van der Waals surface area contributed by atoms with Crippen molar-refractivity contribution in [2.24, 2.45) is 17.8 Å². The number of nitrogens with one attached hydrogen (secondary N) is 1. The van der Waals surface area contributed by atoms with Crippen LogP contribution in [-0.2, 0) is 0 Å². The van der Waals surface area contributed by atoms with Gasteiger partial charge in [-0.3, -0.25) is 0 Å². The molecular weight excluding hydrogens is 170 g/mol. The maximum atomic E-state index is 3.61. The molecule has 1 saturated carbocycles. The first-order valence-electron chi connectivity index (χ1n) is 6.44. The van der Waals surface area contributed by atoms with E-state index in [0.717, 1.165) is 17.8 Å². The molecule has 1 N–H and O–H groups in total. The molecular formula is C13H27N. The molecule has 0 aromatic rings. The lowest BCUT2D eigenvalue weighted by Crippen LogP contribution is -2.32. The largest absolute Gasteiger partial charge is 0.316 e. The number of rotatable bonds is 5. The summed E-state index contributed by atoms with van der Waals surface area (Å²) in [6, 6.07) is 0. The Morgan fingerprint density at radius 3 is 2.71 bits per heavy atom. The second-order valence-corrected chi connectivity index (χ2v) is 5.21. The van der Waals surface area contributed by atoms with Crippen LogP contribution in [0.25, 0.3) is 0 Å². The molecule has 0 bridgehead atoms. The average molecular weight is 197 g/mol. The van der Waals surface area contributed by atoms with E-state index in [-0.39, 0.29) is 0 Å². The molecule has 1 aliphatic carbocycles. The van der Waals surface area contributed by atoms with E-state index >= 15 is 0 Å². The lowest BCUT2D eigenvalue weighted by molar-refractivity contribution is 0.199. The highest BCUT2D eigenvalue weighted by atomic mass is 14.9. The van der Waals surface area contributed by atoms with Crippen molar-refractivity contribution in [2.45, 2.75) is 52.9 Å². The normalized spacial score (nSPS) is 33.2. The Balaban J connectivity index is 2.14. The molecule has 0 radical (unpaired) electrons. The van der Waals surface area contributed by atoms with Gasteiger partial charge in [-0.2, -0.15) is 0 Å². The van der Waals surface area contributed by atoms with Gasteiger partial charge in [-0.15, -0.1) is 0 Å². The second-order valence-electron chi connectivity index (χ2n) is 5.21. The lowest BCUT2D eigenvalue weighted by atomic mass is 9.75. The predicted octanol–water partition coefficient (Wildman–Crippen LogP) is 3.45. The zero-order chi connectivity index (χ0) is 10.4. The third-order valence-electron chi connectivity index (χ3n) is 3.74. The first kappa shape index (κ1) is 12.0. The van der Waals surface area contributed by atoms with E-state index in [0.29, 0.717) is 0 Å². The van der Waals surface area contributed by atoms with Crippen molar-refractivity contribution in [3.05, 3.63) is 0 Å². The van der Waals surface area contributed by atoms with Crippen LogP contribution in [-0.4, -0.2) is 13.1 Å². The molecule has 0 heterocycles. The quantitative estimate of drug-likeness (QED) is 0.666. The third kappa shape index (κ3) is 4.00. The van der Waals surface area contributed by atoms with Crippen molar-refractivity contribution in [3.8, 4) is 0 Å². The molecule has 14 heavy (non-hydrogen) atoms. The van der Waals surface area contributed by atoms with Gasteiger partial charge in [0.25, 0.3) is 0 Å². The average Bonchev–Trinajstić information content (AvgIpc) is 2.18. The summed E-state index contributed by atoms with van der Waals surface area (Å²) in [5.74, 6) is 2.85. The summed E-state index contributed by atoms with van der Waals surface area (Å²) in [5.41, 5.74) is 0. The van der Waals surface area contributed by atoms with Crippen molar-refractivity contribution >= 4 is 0 Å². The molecule has 1 heteroatoms. The number of hydrogen-bond acceptors (Lipinski definition) is 1. The topological polar surface area (TPSA) is 12.0 Å². The highest BCUT2D eigenvalue weighted by Gasteiger charge is 2.24. The Morgan fingerprint density at radius 1 is 1.21 bits per heavy atom. The molecule has 1 rings (SSSR count). The minimum Gasteiger partial charge on any atom is -0.316 e. The molecule has 3 atom stereocenters. The SMILES string of the molecule is CCCCNC[C@@H]1CC(C)CCC1C. The molecule has 0 aromatic heterocycles. The molecule has 0 spiro atoms. The fourth-order valence-corrected chi connectivity index (χ4v) is 2.52. The van der Waals surface area contributed by atoms with Gasteiger partial charge in [0.1, 0.15) is 0 Å². The molecule has 1 nitrogen and oxygen atoms in total. The summed E-state index contributed by atoms with van der Waals surface area (Å²) < 4.78 is 0. The molecule has 1 aliphatic rings. The van der Waals surface area contributed by atoms with Gasteiger partial charge in [0, 0.05) is 0 Å². The van der Waals surface area contributed by atoms with Crippen molar-refractivity contribution in [1.82, 2.24) is 5.32 Å². The molecule has 0 aromatic carbocycles. The van der Waals surface area contributed by atoms with E-state index in [4.69, 9.17) is 0 Å². The Labute approximate surface area is 89.7 Å². The lowest BCUT2D eigenvalue weighted by Gasteiger charge is -2.32. The van der Waals surface area contributed by atoms with E-state index in [1.54, 1.807) is 0 Å². The summed E-state index contributed by atoms with van der Waals surface area (Å²) >= 11 is 0. The minimum atomic E-state index is 0.940. The van der Waals surface area contributed by atoms with Gasteiger partial charge >= 0.3 is 0 Å². The van der Waals surface area contributed by atoms with E-state index in [2.05, 4.69) is 26.1 Å². The van der Waals surface area contributed by atoms with Gasteiger partial charge in [-0.05, 0) is 43.7 Å².